The zero-order valence-corrected chi connectivity index (χ0v) is 14.4. The number of H-pyrrole nitrogens is 1. The molecule has 3 aliphatic rings. The van der Waals surface area contributed by atoms with Crippen molar-refractivity contribution in [3.8, 4) is 16.9 Å². The summed E-state index contributed by atoms with van der Waals surface area (Å²) in [5, 5.41) is 5.28. The Hall–Kier alpha value is -2.11. The predicted molar refractivity (Wildman–Crippen MR) is 95.2 cm³/mol. The summed E-state index contributed by atoms with van der Waals surface area (Å²) in [5.41, 5.74) is 4.75. The second-order valence-electron chi connectivity index (χ2n) is 7.04. The molecule has 126 valence electrons. The molecule has 0 fully saturated rings. The number of hydrogen-bond donors (Lipinski definition) is 1. The van der Waals surface area contributed by atoms with Gasteiger partial charge in [0.05, 0.1) is 11.3 Å². The van der Waals surface area contributed by atoms with E-state index in [-0.39, 0.29) is 16.5 Å². The average molecular weight is 346 g/mol. The maximum Gasteiger partial charge on any atom is 0.282 e. The van der Waals surface area contributed by atoms with Crippen molar-refractivity contribution >= 4 is 11.6 Å². The second kappa shape index (κ2) is 5.76. The number of nitrogens with zero attached hydrogens (tertiary/aromatic N) is 2. The van der Waals surface area contributed by atoms with Crippen LogP contribution in [0.2, 0.25) is 5.02 Å². The van der Waals surface area contributed by atoms with Crippen LogP contribution >= 0.6 is 11.6 Å². The molecule has 2 heterocycles. The van der Waals surface area contributed by atoms with Gasteiger partial charge in [0.25, 0.3) is 5.56 Å². The standard InChI is InChI=1S/C18H18ClN3O.H2O/c1-18(2)8-7-15-13(9-18)16-14(10-20-15)17(23)22(21-16)12-5-3-11(19)4-6-12;/h3-6,10,20H,7-9H2,1-2H3;1H2. The van der Waals surface area contributed by atoms with E-state index in [2.05, 4.69) is 23.9 Å². The smallest absolute Gasteiger partial charge is 0.282 e. The van der Waals surface area contributed by atoms with E-state index in [9.17, 15) is 4.79 Å². The molecule has 0 amide bonds. The van der Waals surface area contributed by atoms with Crippen LogP contribution in [-0.4, -0.2) is 20.2 Å². The third-order valence-electron chi connectivity index (χ3n) is 4.70. The summed E-state index contributed by atoms with van der Waals surface area (Å²) in [5.74, 6) is 0. The Bertz CT molecular complexity index is 909. The summed E-state index contributed by atoms with van der Waals surface area (Å²) < 4.78 is 1.47. The van der Waals surface area contributed by atoms with Gasteiger partial charge < -0.3 is 10.5 Å². The van der Waals surface area contributed by atoms with Crippen LogP contribution in [-0.2, 0) is 12.8 Å². The largest absolute Gasteiger partial charge is 0.412 e. The van der Waals surface area contributed by atoms with Crippen LogP contribution < -0.4 is 5.56 Å². The Kier molecular flexibility index (Phi) is 4.01. The fourth-order valence-electron chi connectivity index (χ4n) is 3.36. The molecule has 4 rings (SSSR count). The number of aryl methyl sites for hydroxylation is 1. The zero-order chi connectivity index (χ0) is 16.2. The van der Waals surface area contributed by atoms with Gasteiger partial charge in [-0.15, -0.1) is 0 Å². The van der Waals surface area contributed by atoms with Crippen LogP contribution in [0.15, 0.2) is 35.3 Å². The molecule has 0 atom stereocenters. The molecule has 0 saturated carbocycles. The van der Waals surface area contributed by atoms with E-state index in [0.717, 1.165) is 30.6 Å². The van der Waals surface area contributed by atoms with E-state index >= 15 is 0 Å². The lowest BCUT2D eigenvalue weighted by Crippen LogP contribution is -2.24. The van der Waals surface area contributed by atoms with Gasteiger partial charge in [0, 0.05) is 22.5 Å². The monoisotopic (exact) mass is 345 g/mol. The number of rotatable bonds is 1. The molecule has 1 aromatic carbocycles. The van der Waals surface area contributed by atoms with Gasteiger partial charge in [-0.3, -0.25) is 4.79 Å². The molecule has 0 aromatic heterocycles. The molecular formula is C18H20ClN3O2. The van der Waals surface area contributed by atoms with Gasteiger partial charge in [-0.2, -0.15) is 9.78 Å². The van der Waals surface area contributed by atoms with Gasteiger partial charge in [-0.1, -0.05) is 25.4 Å². The predicted octanol–water partition coefficient (Wildman–Crippen LogP) is 3.01. The van der Waals surface area contributed by atoms with Crippen molar-refractivity contribution in [2.24, 2.45) is 5.41 Å². The molecule has 0 saturated heterocycles. The SMILES string of the molecule is CC1(C)CCc2[nH]cc3c(=O)n(-c4ccc(Cl)cc4)nc-3c2C1.O. The third-order valence-corrected chi connectivity index (χ3v) is 4.95. The second-order valence-corrected chi connectivity index (χ2v) is 7.48. The van der Waals surface area contributed by atoms with Crippen LogP contribution in [0.25, 0.3) is 16.9 Å². The van der Waals surface area contributed by atoms with Crippen molar-refractivity contribution in [1.82, 2.24) is 14.8 Å². The van der Waals surface area contributed by atoms with E-state index in [4.69, 9.17) is 11.6 Å². The average Bonchev–Trinajstić information content (AvgIpc) is 2.85. The minimum absolute atomic E-state index is 0. The molecular weight excluding hydrogens is 326 g/mol. The lowest BCUT2D eigenvalue weighted by Gasteiger charge is -2.31. The molecule has 2 aliphatic heterocycles. The van der Waals surface area contributed by atoms with Crippen LogP contribution in [0, 0.1) is 5.41 Å². The van der Waals surface area contributed by atoms with Crippen LogP contribution in [0.1, 0.15) is 31.5 Å². The zero-order valence-electron chi connectivity index (χ0n) is 13.7. The quantitative estimate of drug-likeness (QED) is 0.735. The first-order chi connectivity index (χ1) is 10.9. The number of hydrogen-bond acceptors (Lipinski definition) is 2. The van der Waals surface area contributed by atoms with Crippen molar-refractivity contribution < 1.29 is 5.48 Å². The molecule has 5 nitrogen and oxygen atoms in total. The molecule has 1 aromatic rings. The van der Waals surface area contributed by atoms with E-state index in [0.29, 0.717) is 10.6 Å². The van der Waals surface area contributed by atoms with Crippen molar-refractivity contribution in [3.05, 3.63) is 57.1 Å². The van der Waals surface area contributed by atoms with Crippen LogP contribution in [0.5, 0.6) is 0 Å². The number of nitrogens with one attached hydrogen (secondary N) is 1. The minimum atomic E-state index is -0.0928. The molecule has 3 N–H and O–H groups in total. The van der Waals surface area contributed by atoms with Crippen molar-refractivity contribution in [3.63, 3.8) is 0 Å². The molecule has 0 unspecified atom stereocenters. The normalized spacial score (nSPS) is 15.8. The fraction of sp³-hybridized carbons (Fsp3) is 0.333. The Balaban J connectivity index is 0.00000169. The first-order valence-electron chi connectivity index (χ1n) is 7.83. The highest BCUT2D eigenvalue weighted by Crippen LogP contribution is 2.38. The third kappa shape index (κ3) is 2.64. The van der Waals surface area contributed by atoms with Crippen molar-refractivity contribution in [2.45, 2.75) is 33.1 Å². The molecule has 0 bridgehead atoms. The topological polar surface area (TPSA) is 82.2 Å². The van der Waals surface area contributed by atoms with Crippen molar-refractivity contribution in [1.29, 1.82) is 0 Å². The van der Waals surface area contributed by atoms with Gasteiger partial charge in [-0.25, -0.2) is 0 Å². The van der Waals surface area contributed by atoms with E-state index in [1.807, 2.05) is 12.1 Å². The highest BCUT2D eigenvalue weighted by molar-refractivity contribution is 6.30. The number of halogens is 1. The first-order valence-corrected chi connectivity index (χ1v) is 8.20. The Labute approximate surface area is 144 Å². The lowest BCUT2D eigenvalue weighted by molar-refractivity contribution is 0.312. The first kappa shape index (κ1) is 16.7. The lowest BCUT2D eigenvalue weighted by atomic mass is 9.75. The summed E-state index contributed by atoms with van der Waals surface area (Å²) in [7, 11) is 0. The summed E-state index contributed by atoms with van der Waals surface area (Å²) in [4.78, 5) is 16.0. The van der Waals surface area contributed by atoms with Crippen molar-refractivity contribution in [2.75, 3.05) is 0 Å². The molecule has 0 spiro atoms. The minimum Gasteiger partial charge on any atom is -0.412 e. The fourth-order valence-corrected chi connectivity index (χ4v) is 3.48. The summed E-state index contributed by atoms with van der Waals surface area (Å²) in [6.45, 7) is 4.53. The Morgan fingerprint density at radius 2 is 1.96 bits per heavy atom. The van der Waals surface area contributed by atoms with E-state index < -0.39 is 0 Å². The van der Waals surface area contributed by atoms with E-state index in [1.165, 1.54) is 15.9 Å². The van der Waals surface area contributed by atoms with Gasteiger partial charge in [0.1, 0.15) is 5.69 Å². The highest BCUT2D eigenvalue weighted by Gasteiger charge is 2.31. The molecule has 1 aliphatic carbocycles. The number of fused-ring (bicyclic) bond motifs is 3. The Morgan fingerprint density at radius 1 is 1.25 bits per heavy atom. The van der Waals surface area contributed by atoms with Gasteiger partial charge in [-0.05, 0) is 48.9 Å². The highest BCUT2D eigenvalue weighted by atomic mass is 35.5. The summed E-state index contributed by atoms with van der Waals surface area (Å²) >= 11 is 5.93. The molecule has 24 heavy (non-hydrogen) atoms. The van der Waals surface area contributed by atoms with Crippen LogP contribution in [0.3, 0.4) is 0 Å². The maximum absolute atomic E-state index is 12.7. The van der Waals surface area contributed by atoms with Gasteiger partial charge in [0.15, 0.2) is 0 Å². The number of pyridine rings is 1. The molecule has 6 heteroatoms. The maximum atomic E-state index is 12.7. The number of aromatic amines is 1. The summed E-state index contributed by atoms with van der Waals surface area (Å²) in [6, 6.07) is 7.17. The van der Waals surface area contributed by atoms with Crippen LogP contribution in [0.4, 0.5) is 0 Å². The van der Waals surface area contributed by atoms with E-state index in [1.54, 1.807) is 18.3 Å². The number of aromatic nitrogens is 3. The summed E-state index contributed by atoms with van der Waals surface area (Å²) in [6.07, 6.45) is 4.88. The number of benzene rings is 1. The van der Waals surface area contributed by atoms with Gasteiger partial charge >= 0.3 is 0 Å². The molecule has 0 radical (unpaired) electrons. The van der Waals surface area contributed by atoms with Gasteiger partial charge in [0.2, 0.25) is 0 Å². The Morgan fingerprint density at radius 3 is 2.67 bits per heavy atom.